The predicted molar refractivity (Wildman–Crippen MR) is 134 cm³/mol. The van der Waals surface area contributed by atoms with Crippen molar-refractivity contribution in [3.8, 4) is 16.9 Å². The Morgan fingerprint density at radius 3 is 2.00 bits per heavy atom. The van der Waals surface area contributed by atoms with Crippen molar-refractivity contribution in [2.45, 2.75) is 25.0 Å². The smallest absolute Gasteiger partial charge is 0.233 e. The van der Waals surface area contributed by atoms with Gasteiger partial charge in [0.05, 0.1) is 18.1 Å². The van der Waals surface area contributed by atoms with Crippen molar-refractivity contribution >= 4 is 11.6 Å². The summed E-state index contributed by atoms with van der Waals surface area (Å²) in [4.78, 5) is 14.8. The highest BCUT2D eigenvalue weighted by molar-refractivity contribution is 6.03. The summed E-state index contributed by atoms with van der Waals surface area (Å²) in [6.07, 6.45) is -0.160. The van der Waals surface area contributed by atoms with Crippen LogP contribution in [-0.2, 0) is 4.79 Å². The molecule has 1 saturated heterocycles. The zero-order valence-electron chi connectivity index (χ0n) is 19.7. The first kappa shape index (κ1) is 24.6. The summed E-state index contributed by atoms with van der Waals surface area (Å²) in [5, 5.41) is 20.3. The maximum Gasteiger partial charge on any atom is 0.233 e. The molecule has 1 amide bonds. The van der Waals surface area contributed by atoms with E-state index in [4.69, 9.17) is 0 Å². The number of rotatable bonds is 7. The molecule has 0 aliphatic carbocycles. The van der Waals surface area contributed by atoms with Crippen molar-refractivity contribution in [3.63, 3.8) is 0 Å². The molecule has 1 unspecified atom stereocenters. The van der Waals surface area contributed by atoms with Gasteiger partial charge in [-0.2, -0.15) is 0 Å². The number of nitrogens with zero attached hydrogens (tertiary/aromatic N) is 1. The number of halogens is 3. The van der Waals surface area contributed by atoms with Crippen LogP contribution in [0.25, 0.3) is 11.1 Å². The van der Waals surface area contributed by atoms with E-state index < -0.39 is 29.5 Å². The molecule has 0 saturated carbocycles. The second kappa shape index (κ2) is 10.1. The van der Waals surface area contributed by atoms with Crippen LogP contribution in [0.5, 0.6) is 5.75 Å². The molecule has 0 radical (unpaired) electrons. The van der Waals surface area contributed by atoms with Crippen LogP contribution in [0.15, 0.2) is 91.0 Å². The van der Waals surface area contributed by atoms with Crippen LogP contribution in [0, 0.1) is 23.4 Å². The van der Waals surface area contributed by atoms with Crippen LogP contribution in [0.4, 0.5) is 18.9 Å². The summed E-state index contributed by atoms with van der Waals surface area (Å²) in [7, 11) is 0. The molecular formula is C30H24F3NO3. The number of amides is 1. The monoisotopic (exact) mass is 503 g/mol. The Hall–Kier alpha value is -4.10. The third-order valence-corrected chi connectivity index (χ3v) is 6.79. The lowest BCUT2D eigenvalue weighted by molar-refractivity contribution is -0.131. The van der Waals surface area contributed by atoms with Crippen molar-refractivity contribution in [1.29, 1.82) is 0 Å². The van der Waals surface area contributed by atoms with Gasteiger partial charge in [-0.1, -0.05) is 36.4 Å². The number of phenols is 1. The number of aliphatic hydroxyl groups is 1. The first-order chi connectivity index (χ1) is 17.8. The molecule has 188 valence electrons. The van der Waals surface area contributed by atoms with E-state index in [0.29, 0.717) is 35.2 Å². The van der Waals surface area contributed by atoms with Gasteiger partial charge >= 0.3 is 0 Å². The largest absolute Gasteiger partial charge is 0.508 e. The lowest BCUT2D eigenvalue weighted by Gasteiger charge is -2.48. The number of carbonyl (C=O) groups excluding carboxylic acids is 1. The van der Waals surface area contributed by atoms with Crippen LogP contribution in [0.2, 0.25) is 0 Å². The van der Waals surface area contributed by atoms with Crippen LogP contribution < -0.4 is 4.90 Å². The number of β-lactam (4-membered cyclic amide) rings is 1. The fourth-order valence-corrected chi connectivity index (χ4v) is 4.90. The standard InChI is InChI=1S/C30H24F3NO3/c31-22-7-5-19(6-8-22)28(36)14-13-27-29(34(30(27)37)25-11-9-23(32)10-12-25)20-3-1-18(2-4-20)21-15-24(33)17-26(35)16-21/h1-12,15-17,27-29,35-36H,13-14H2/t27?,28-,29+/m0/s1. The first-order valence-electron chi connectivity index (χ1n) is 11.9. The molecule has 1 fully saturated rings. The van der Waals surface area contributed by atoms with Gasteiger partial charge in [-0.25, -0.2) is 13.2 Å². The number of anilines is 1. The molecule has 0 spiro atoms. The average molecular weight is 504 g/mol. The van der Waals surface area contributed by atoms with Crippen molar-refractivity contribution in [1.82, 2.24) is 0 Å². The van der Waals surface area contributed by atoms with E-state index in [-0.39, 0.29) is 17.7 Å². The molecule has 3 atom stereocenters. The van der Waals surface area contributed by atoms with E-state index in [2.05, 4.69) is 0 Å². The Balaban J connectivity index is 1.41. The zero-order valence-corrected chi connectivity index (χ0v) is 19.7. The highest BCUT2D eigenvalue weighted by atomic mass is 19.1. The molecule has 1 aliphatic rings. The van der Waals surface area contributed by atoms with Crippen molar-refractivity contribution in [3.05, 3.63) is 120 Å². The second-order valence-corrected chi connectivity index (χ2v) is 9.20. The van der Waals surface area contributed by atoms with Crippen LogP contribution in [-0.4, -0.2) is 16.1 Å². The number of aromatic hydroxyl groups is 1. The second-order valence-electron chi connectivity index (χ2n) is 9.20. The average Bonchev–Trinajstić information content (AvgIpc) is 2.88. The van der Waals surface area contributed by atoms with Gasteiger partial charge in [-0.05, 0) is 83.6 Å². The molecule has 1 heterocycles. The minimum absolute atomic E-state index is 0.137. The Bertz CT molecular complexity index is 1390. The summed E-state index contributed by atoms with van der Waals surface area (Å²) in [6, 6.07) is 22.0. The Kier molecular flexibility index (Phi) is 6.72. The molecule has 1 aliphatic heterocycles. The van der Waals surface area contributed by atoms with Gasteiger partial charge in [0.15, 0.2) is 0 Å². The number of phenolic OH excluding ortho intramolecular Hbond substituents is 1. The number of benzene rings is 4. The van der Waals surface area contributed by atoms with Crippen molar-refractivity contribution in [2.24, 2.45) is 5.92 Å². The van der Waals surface area contributed by atoms with Gasteiger partial charge in [0, 0.05) is 11.8 Å². The zero-order chi connectivity index (χ0) is 26.1. The normalized spacial score (nSPS) is 17.9. The molecule has 0 aromatic heterocycles. The first-order valence-corrected chi connectivity index (χ1v) is 11.9. The lowest BCUT2D eigenvalue weighted by atomic mass is 9.78. The van der Waals surface area contributed by atoms with Gasteiger partial charge in [0.2, 0.25) is 5.91 Å². The maximum atomic E-state index is 13.8. The fraction of sp³-hybridized carbons (Fsp3) is 0.167. The van der Waals surface area contributed by atoms with E-state index in [1.165, 1.54) is 48.5 Å². The Morgan fingerprint density at radius 1 is 0.757 bits per heavy atom. The topological polar surface area (TPSA) is 60.8 Å². The Labute approximate surface area is 212 Å². The number of hydrogen-bond acceptors (Lipinski definition) is 3. The quantitative estimate of drug-likeness (QED) is 0.276. The maximum absolute atomic E-state index is 13.8. The van der Waals surface area contributed by atoms with E-state index in [9.17, 15) is 28.2 Å². The molecular weight excluding hydrogens is 479 g/mol. The summed E-state index contributed by atoms with van der Waals surface area (Å²) in [5.41, 5.74) is 3.17. The minimum Gasteiger partial charge on any atom is -0.508 e. The minimum atomic E-state index is -0.850. The van der Waals surface area contributed by atoms with E-state index in [0.717, 1.165) is 11.6 Å². The molecule has 4 aromatic carbocycles. The van der Waals surface area contributed by atoms with E-state index in [1.54, 1.807) is 29.2 Å². The number of aliphatic hydroxyl groups excluding tert-OH is 1. The van der Waals surface area contributed by atoms with E-state index in [1.807, 2.05) is 12.1 Å². The van der Waals surface area contributed by atoms with Crippen LogP contribution in [0.1, 0.15) is 36.1 Å². The van der Waals surface area contributed by atoms with Gasteiger partial charge < -0.3 is 15.1 Å². The van der Waals surface area contributed by atoms with Crippen LogP contribution in [0.3, 0.4) is 0 Å². The molecule has 4 nitrogen and oxygen atoms in total. The molecule has 5 rings (SSSR count). The van der Waals surface area contributed by atoms with Gasteiger partial charge in [0.25, 0.3) is 0 Å². The summed E-state index contributed by atoms with van der Waals surface area (Å²) in [6.45, 7) is 0. The highest BCUT2D eigenvalue weighted by Gasteiger charge is 2.48. The highest BCUT2D eigenvalue weighted by Crippen LogP contribution is 2.46. The summed E-state index contributed by atoms with van der Waals surface area (Å²) < 4.78 is 40.5. The van der Waals surface area contributed by atoms with Gasteiger partial charge in [0.1, 0.15) is 23.2 Å². The number of hydrogen-bond donors (Lipinski definition) is 2. The third kappa shape index (κ3) is 5.08. The molecule has 2 N–H and O–H groups in total. The number of carbonyl (C=O) groups is 1. The summed E-state index contributed by atoms with van der Waals surface area (Å²) >= 11 is 0. The molecule has 7 heteroatoms. The van der Waals surface area contributed by atoms with Crippen LogP contribution >= 0.6 is 0 Å². The molecule has 37 heavy (non-hydrogen) atoms. The van der Waals surface area contributed by atoms with E-state index >= 15 is 0 Å². The lowest BCUT2D eigenvalue weighted by Crippen LogP contribution is -2.55. The van der Waals surface area contributed by atoms with Gasteiger partial charge in [-0.3, -0.25) is 4.79 Å². The van der Waals surface area contributed by atoms with Gasteiger partial charge in [-0.15, -0.1) is 0 Å². The Morgan fingerprint density at radius 2 is 1.38 bits per heavy atom. The summed E-state index contributed by atoms with van der Waals surface area (Å²) in [5.74, 6) is -2.09. The SMILES string of the molecule is O=C1C(CC[C@H](O)c2ccc(F)cc2)[C@@H](c2ccc(-c3cc(O)cc(F)c3)cc2)N1c1ccc(F)cc1. The molecule has 4 aromatic rings. The molecule has 0 bridgehead atoms. The fourth-order valence-electron chi connectivity index (χ4n) is 4.90. The van der Waals surface area contributed by atoms with Crippen molar-refractivity contribution in [2.75, 3.05) is 4.90 Å². The third-order valence-electron chi connectivity index (χ3n) is 6.79. The van der Waals surface area contributed by atoms with Crippen molar-refractivity contribution < 1.29 is 28.2 Å². The predicted octanol–water partition coefficient (Wildman–Crippen LogP) is 6.69.